The summed E-state index contributed by atoms with van der Waals surface area (Å²) in [6, 6.07) is 8.40. The van der Waals surface area contributed by atoms with Gasteiger partial charge in [-0.15, -0.1) is 0 Å². The van der Waals surface area contributed by atoms with Crippen LogP contribution in [-0.4, -0.2) is 29.6 Å². The van der Waals surface area contributed by atoms with E-state index in [9.17, 15) is 9.59 Å². The lowest BCUT2D eigenvalue weighted by molar-refractivity contribution is -0.787. The number of nitrogens with one attached hydrogen (secondary N) is 1. The van der Waals surface area contributed by atoms with Crippen molar-refractivity contribution in [2.75, 3.05) is 6.61 Å². The molecule has 6 nitrogen and oxygen atoms in total. The van der Waals surface area contributed by atoms with Crippen molar-refractivity contribution in [3.05, 3.63) is 40.8 Å². The summed E-state index contributed by atoms with van der Waals surface area (Å²) in [5, 5.41) is 6.28. The van der Waals surface area contributed by atoms with Gasteiger partial charge in [-0.25, -0.2) is 4.79 Å². The van der Waals surface area contributed by atoms with Gasteiger partial charge in [-0.05, 0) is 45.9 Å². The molecule has 6 heteroatoms. The molecule has 0 unspecified atom stereocenters. The molecule has 1 amide bonds. The third-order valence-corrected chi connectivity index (χ3v) is 4.66. The number of nitrogens with two attached hydrogens (primary N) is 1. The second kappa shape index (κ2) is 6.76. The van der Waals surface area contributed by atoms with E-state index in [1.165, 1.54) is 6.07 Å². The molecule has 0 saturated carbocycles. The molecule has 0 radical (unpaired) electrons. The van der Waals surface area contributed by atoms with Crippen LogP contribution in [0.5, 0.6) is 5.75 Å². The summed E-state index contributed by atoms with van der Waals surface area (Å²) < 4.78 is 10.7. The quantitative estimate of drug-likeness (QED) is 0.812. The van der Waals surface area contributed by atoms with Gasteiger partial charge in [-0.1, -0.05) is 0 Å². The van der Waals surface area contributed by atoms with Crippen molar-refractivity contribution in [2.45, 2.75) is 57.7 Å². The van der Waals surface area contributed by atoms with Crippen LogP contribution in [0.2, 0.25) is 0 Å². The van der Waals surface area contributed by atoms with Gasteiger partial charge in [-0.3, -0.25) is 4.79 Å². The molecule has 2 aromatic rings. The van der Waals surface area contributed by atoms with Crippen LogP contribution in [0.4, 0.5) is 0 Å². The normalized spacial score (nSPS) is 19.2. The zero-order chi connectivity index (χ0) is 18.9. The van der Waals surface area contributed by atoms with Gasteiger partial charge < -0.3 is 19.8 Å². The smallest absolute Gasteiger partial charge is 0.336 e. The van der Waals surface area contributed by atoms with Crippen molar-refractivity contribution in [3.8, 4) is 5.75 Å². The van der Waals surface area contributed by atoms with Crippen molar-refractivity contribution in [1.82, 2.24) is 5.32 Å². The fraction of sp³-hybridized carbons (Fsp3) is 0.500. The van der Waals surface area contributed by atoms with E-state index in [0.717, 1.165) is 18.2 Å². The lowest BCUT2D eigenvalue weighted by atomic mass is 9.79. The summed E-state index contributed by atoms with van der Waals surface area (Å²) in [5.41, 5.74) is 0.223. The number of quaternary nitrogens is 1. The molecule has 0 aliphatic carbocycles. The number of carbonyl (C=O) groups is 1. The first kappa shape index (κ1) is 18.5. The Morgan fingerprint density at radius 1 is 1.19 bits per heavy atom. The van der Waals surface area contributed by atoms with Gasteiger partial charge in [0.1, 0.15) is 11.3 Å². The molecular weight excluding hydrogens is 332 g/mol. The second-order valence-electron chi connectivity index (χ2n) is 8.54. The maximum atomic E-state index is 12.3. The third-order valence-electron chi connectivity index (χ3n) is 4.66. The van der Waals surface area contributed by atoms with E-state index in [1.807, 2.05) is 0 Å². The molecule has 0 atom stereocenters. The number of rotatable bonds is 4. The van der Waals surface area contributed by atoms with Crippen molar-refractivity contribution in [1.29, 1.82) is 0 Å². The molecule has 1 saturated heterocycles. The highest BCUT2D eigenvalue weighted by molar-refractivity contribution is 5.79. The van der Waals surface area contributed by atoms with Crippen LogP contribution in [0, 0.1) is 0 Å². The van der Waals surface area contributed by atoms with Gasteiger partial charge >= 0.3 is 5.63 Å². The minimum atomic E-state index is -0.410. The van der Waals surface area contributed by atoms with E-state index in [4.69, 9.17) is 9.15 Å². The second-order valence-corrected chi connectivity index (χ2v) is 8.54. The van der Waals surface area contributed by atoms with E-state index in [0.29, 0.717) is 11.3 Å². The Kier molecular flexibility index (Phi) is 4.80. The van der Waals surface area contributed by atoms with Gasteiger partial charge in [0.25, 0.3) is 5.91 Å². The van der Waals surface area contributed by atoms with E-state index in [2.05, 4.69) is 38.3 Å². The van der Waals surface area contributed by atoms with Crippen LogP contribution >= 0.6 is 0 Å². The number of hydrogen-bond acceptors (Lipinski definition) is 4. The molecule has 1 aromatic carbocycles. The average molecular weight is 359 g/mol. The van der Waals surface area contributed by atoms with Gasteiger partial charge in [0.05, 0.1) is 11.1 Å². The number of amides is 1. The van der Waals surface area contributed by atoms with E-state index < -0.39 is 5.63 Å². The summed E-state index contributed by atoms with van der Waals surface area (Å²) in [6.45, 7) is 8.74. The zero-order valence-corrected chi connectivity index (χ0v) is 15.8. The predicted octanol–water partition coefficient (Wildman–Crippen LogP) is 1.57. The van der Waals surface area contributed by atoms with E-state index in [-0.39, 0.29) is 29.6 Å². The largest absolute Gasteiger partial charge is 0.484 e. The summed E-state index contributed by atoms with van der Waals surface area (Å²) in [7, 11) is 0. The van der Waals surface area contributed by atoms with Crippen LogP contribution in [0.25, 0.3) is 11.0 Å². The average Bonchev–Trinajstić information content (AvgIpc) is 2.49. The Morgan fingerprint density at radius 3 is 2.54 bits per heavy atom. The number of hydrogen-bond donors (Lipinski definition) is 2. The minimum absolute atomic E-state index is 0.0658. The van der Waals surface area contributed by atoms with Crippen molar-refractivity contribution >= 4 is 16.9 Å². The number of carbonyl (C=O) groups excluding carboxylic acids is 1. The molecule has 2 heterocycles. The SMILES string of the molecule is CC1(C)CC(NC(=O)COc2ccc3ccc(=O)oc3c2)CC(C)(C)[NH2+]1. The Bertz CT molecular complexity index is 853. The maximum absolute atomic E-state index is 12.3. The molecule has 26 heavy (non-hydrogen) atoms. The Balaban J connectivity index is 1.59. The highest BCUT2D eigenvalue weighted by atomic mass is 16.5. The van der Waals surface area contributed by atoms with Crippen LogP contribution in [0.15, 0.2) is 39.5 Å². The van der Waals surface area contributed by atoms with Gasteiger partial charge in [0.15, 0.2) is 6.61 Å². The van der Waals surface area contributed by atoms with E-state index in [1.54, 1.807) is 24.3 Å². The Labute approximate surface area is 152 Å². The van der Waals surface area contributed by atoms with Crippen LogP contribution in [-0.2, 0) is 4.79 Å². The highest BCUT2D eigenvalue weighted by Gasteiger charge is 2.42. The molecule has 1 aliphatic heterocycles. The molecule has 3 rings (SSSR count). The van der Waals surface area contributed by atoms with Crippen molar-refractivity contribution in [3.63, 3.8) is 0 Å². The van der Waals surface area contributed by atoms with Crippen molar-refractivity contribution < 1.29 is 19.3 Å². The number of benzene rings is 1. The maximum Gasteiger partial charge on any atom is 0.336 e. The number of fused-ring (bicyclic) bond motifs is 1. The fourth-order valence-electron chi connectivity index (χ4n) is 4.17. The summed E-state index contributed by atoms with van der Waals surface area (Å²) in [4.78, 5) is 23.6. The van der Waals surface area contributed by atoms with Gasteiger partial charge in [0, 0.05) is 36.4 Å². The topological polar surface area (TPSA) is 85.1 Å². The van der Waals surface area contributed by atoms with Crippen LogP contribution in [0.3, 0.4) is 0 Å². The van der Waals surface area contributed by atoms with Gasteiger partial charge in [-0.2, -0.15) is 0 Å². The minimum Gasteiger partial charge on any atom is -0.484 e. The van der Waals surface area contributed by atoms with Gasteiger partial charge in [0.2, 0.25) is 0 Å². The monoisotopic (exact) mass is 359 g/mol. The summed E-state index contributed by atoms with van der Waals surface area (Å²) in [5.74, 6) is 0.359. The predicted molar refractivity (Wildman–Crippen MR) is 99.2 cm³/mol. The summed E-state index contributed by atoms with van der Waals surface area (Å²) >= 11 is 0. The molecule has 0 bridgehead atoms. The zero-order valence-electron chi connectivity index (χ0n) is 15.8. The molecule has 1 aromatic heterocycles. The standard InChI is InChI=1S/C20H26N2O4/c1-19(2)10-14(11-20(3,4)22-19)21-17(23)12-25-15-7-5-13-6-8-18(24)26-16(13)9-15/h5-9,14,22H,10-12H2,1-4H3,(H,21,23)/p+1. The number of ether oxygens (including phenoxy) is 1. The lowest BCUT2D eigenvalue weighted by Gasteiger charge is -2.43. The highest BCUT2D eigenvalue weighted by Crippen LogP contribution is 2.22. The first-order valence-electron chi connectivity index (χ1n) is 8.95. The molecule has 1 fully saturated rings. The first-order valence-corrected chi connectivity index (χ1v) is 8.95. The molecule has 0 spiro atoms. The molecule has 1 aliphatic rings. The molecule has 3 N–H and O–H groups in total. The molecular formula is C20H27N2O4+. The Hall–Kier alpha value is -2.34. The van der Waals surface area contributed by atoms with E-state index >= 15 is 0 Å². The third kappa shape index (κ3) is 4.64. The lowest BCUT2D eigenvalue weighted by Crippen LogP contribution is -3.06. The number of piperidine rings is 1. The Morgan fingerprint density at radius 2 is 1.85 bits per heavy atom. The van der Waals surface area contributed by atoms with Crippen LogP contribution < -0.4 is 21.0 Å². The summed E-state index contributed by atoms with van der Waals surface area (Å²) in [6.07, 6.45) is 1.84. The van der Waals surface area contributed by atoms with Crippen molar-refractivity contribution in [2.24, 2.45) is 0 Å². The fourth-order valence-corrected chi connectivity index (χ4v) is 4.17. The first-order chi connectivity index (χ1) is 12.1. The molecule has 140 valence electrons. The van der Waals surface area contributed by atoms with Crippen LogP contribution in [0.1, 0.15) is 40.5 Å².